The summed E-state index contributed by atoms with van der Waals surface area (Å²) in [6.07, 6.45) is 2.45. The first-order chi connectivity index (χ1) is 13.9. The molecule has 0 radical (unpaired) electrons. The summed E-state index contributed by atoms with van der Waals surface area (Å²) in [6.45, 7) is 4.92. The predicted octanol–water partition coefficient (Wildman–Crippen LogP) is 2.93. The van der Waals surface area contributed by atoms with E-state index < -0.39 is 11.8 Å². The molecule has 1 aliphatic heterocycles. The summed E-state index contributed by atoms with van der Waals surface area (Å²) in [7, 11) is 0. The molecule has 7 heteroatoms. The molecule has 3 rings (SSSR count). The highest BCUT2D eigenvalue weighted by atomic mass is 32.1. The number of carbonyl (C=O) groups excluding carboxylic acids is 2. The average molecular weight is 410 g/mol. The molecule has 0 atom stereocenters. The van der Waals surface area contributed by atoms with Crippen LogP contribution in [0.3, 0.4) is 0 Å². The zero-order valence-electron chi connectivity index (χ0n) is 16.3. The van der Waals surface area contributed by atoms with E-state index in [1.807, 2.05) is 19.1 Å². The van der Waals surface area contributed by atoms with Crippen LogP contribution in [0.15, 0.2) is 48.0 Å². The number of benzene rings is 2. The van der Waals surface area contributed by atoms with Gasteiger partial charge in [0.05, 0.1) is 0 Å². The fraction of sp³-hybridized carbons (Fsp3) is 0.227. The second kappa shape index (κ2) is 9.34. The molecule has 6 nitrogen and oxygen atoms in total. The van der Waals surface area contributed by atoms with E-state index in [0.717, 1.165) is 17.7 Å². The topological polar surface area (TPSA) is 76.7 Å². The molecule has 2 aromatic carbocycles. The predicted molar refractivity (Wildman–Crippen MR) is 115 cm³/mol. The van der Waals surface area contributed by atoms with Gasteiger partial charge in [-0.1, -0.05) is 25.1 Å². The van der Waals surface area contributed by atoms with Crippen LogP contribution in [0.4, 0.5) is 0 Å². The van der Waals surface area contributed by atoms with Crippen LogP contribution in [0.1, 0.15) is 23.6 Å². The van der Waals surface area contributed by atoms with Crippen LogP contribution in [-0.2, 0) is 16.0 Å². The van der Waals surface area contributed by atoms with Crippen LogP contribution in [0.25, 0.3) is 6.08 Å². The van der Waals surface area contributed by atoms with Gasteiger partial charge in [-0.3, -0.25) is 20.2 Å². The number of rotatable bonds is 7. The molecule has 1 fully saturated rings. The number of aryl methyl sites for hydroxylation is 2. The van der Waals surface area contributed by atoms with E-state index in [2.05, 4.69) is 23.6 Å². The Balaban J connectivity index is 1.58. The van der Waals surface area contributed by atoms with Gasteiger partial charge in [0.2, 0.25) is 0 Å². The van der Waals surface area contributed by atoms with Crippen LogP contribution in [0.5, 0.6) is 11.5 Å². The lowest BCUT2D eigenvalue weighted by atomic mass is 10.1. The van der Waals surface area contributed by atoms with E-state index in [1.54, 1.807) is 24.3 Å². The monoisotopic (exact) mass is 410 g/mol. The second-order valence-corrected chi connectivity index (χ2v) is 6.98. The Labute approximate surface area is 174 Å². The van der Waals surface area contributed by atoms with Gasteiger partial charge in [0, 0.05) is 0 Å². The Morgan fingerprint density at radius 1 is 0.966 bits per heavy atom. The van der Waals surface area contributed by atoms with Crippen molar-refractivity contribution in [3.05, 3.63) is 64.7 Å². The Hall–Kier alpha value is -3.19. The fourth-order valence-electron chi connectivity index (χ4n) is 2.90. The lowest BCUT2D eigenvalue weighted by Crippen LogP contribution is -2.51. The van der Waals surface area contributed by atoms with Crippen LogP contribution in [0, 0.1) is 6.92 Å². The van der Waals surface area contributed by atoms with Crippen molar-refractivity contribution in [3.63, 3.8) is 0 Å². The number of hydrogen-bond acceptors (Lipinski definition) is 5. The molecular formula is C22H22N2O4S. The number of amides is 2. The van der Waals surface area contributed by atoms with E-state index in [4.69, 9.17) is 21.7 Å². The fourth-order valence-corrected chi connectivity index (χ4v) is 3.08. The summed E-state index contributed by atoms with van der Waals surface area (Å²) in [5, 5.41) is 4.83. The molecule has 2 amide bonds. The van der Waals surface area contributed by atoms with Crippen molar-refractivity contribution in [2.24, 2.45) is 0 Å². The summed E-state index contributed by atoms with van der Waals surface area (Å²) >= 11 is 4.79. The molecule has 1 heterocycles. The third-order valence-electron chi connectivity index (χ3n) is 4.25. The third-order valence-corrected chi connectivity index (χ3v) is 4.46. The molecule has 0 spiro atoms. The highest BCUT2D eigenvalue weighted by Crippen LogP contribution is 2.19. The minimum Gasteiger partial charge on any atom is -0.490 e. The molecule has 1 aliphatic rings. The van der Waals surface area contributed by atoms with Gasteiger partial charge in [-0.15, -0.1) is 0 Å². The van der Waals surface area contributed by atoms with Gasteiger partial charge in [-0.2, -0.15) is 0 Å². The number of thiocarbonyl (C=S) groups is 1. The Kier molecular flexibility index (Phi) is 6.61. The Morgan fingerprint density at radius 2 is 1.66 bits per heavy atom. The van der Waals surface area contributed by atoms with E-state index in [1.165, 1.54) is 11.6 Å². The first kappa shape index (κ1) is 20.5. The van der Waals surface area contributed by atoms with E-state index in [9.17, 15) is 9.59 Å². The average Bonchev–Trinajstić information content (AvgIpc) is 2.68. The highest BCUT2D eigenvalue weighted by molar-refractivity contribution is 7.80. The van der Waals surface area contributed by atoms with Crippen molar-refractivity contribution in [3.8, 4) is 11.5 Å². The standard InChI is InChI=1S/C22H22N2O4S/c1-3-15-9-14(2)10-18(11-15)28-8-7-27-17-6-4-5-16(12-17)13-19-20(25)23-22(29)24-21(19)26/h4-6,9-13H,3,7-8H2,1-2H3,(H2,23,24,25,26,29). The van der Waals surface area contributed by atoms with Gasteiger partial charge in [-0.05, 0) is 72.6 Å². The van der Waals surface area contributed by atoms with Crippen molar-refractivity contribution in [2.75, 3.05) is 13.2 Å². The van der Waals surface area contributed by atoms with Crippen molar-refractivity contribution >= 4 is 35.2 Å². The highest BCUT2D eigenvalue weighted by Gasteiger charge is 2.25. The second-order valence-electron chi connectivity index (χ2n) is 6.57. The Bertz CT molecular complexity index is 963. The summed E-state index contributed by atoms with van der Waals surface area (Å²) < 4.78 is 11.5. The largest absolute Gasteiger partial charge is 0.490 e. The van der Waals surface area contributed by atoms with Crippen molar-refractivity contribution in [2.45, 2.75) is 20.3 Å². The van der Waals surface area contributed by atoms with Crippen molar-refractivity contribution in [1.29, 1.82) is 0 Å². The molecule has 1 saturated heterocycles. The molecule has 0 saturated carbocycles. The molecule has 0 aliphatic carbocycles. The summed E-state index contributed by atoms with van der Waals surface area (Å²) in [6, 6.07) is 13.3. The summed E-state index contributed by atoms with van der Waals surface area (Å²) in [4.78, 5) is 23.9. The van der Waals surface area contributed by atoms with Crippen LogP contribution in [-0.4, -0.2) is 30.1 Å². The maximum absolute atomic E-state index is 11.9. The minimum absolute atomic E-state index is 0.00824. The maximum atomic E-state index is 11.9. The molecule has 150 valence electrons. The maximum Gasteiger partial charge on any atom is 0.263 e. The normalized spacial score (nSPS) is 13.6. The first-order valence-corrected chi connectivity index (χ1v) is 9.70. The smallest absolute Gasteiger partial charge is 0.263 e. The van der Waals surface area contributed by atoms with Gasteiger partial charge in [0.15, 0.2) is 5.11 Å². The zero-order valence-corrected chi connectivity index (χ0v) is 17.1. The van der Waals surface area contributed by atoms with Gasteiger partial charge >= 0.3 is 0 Å². The number of ether oxygens (including phenoxy) is 2. The molecule has 0 aromatic heterocycles. The lowest BCUT2D eigenvalue weighted by Gasteiger charge is -2.16. The van der Waals surface area contributed by atoms with Crippen LogP contribution in [0.2, 0.25) is 0 Å². The number of carbonyl (C=O) groups is 2. The van der Waals surface area contributed by atoms with Gasteiger partial charge < -0.3 is 9.47 Å². The number of hydrogen-bond donors (Lipinski definition) is 2. The quantitative estimate of drug-likeness (QED) is 0.318. The van der Waals surface area contributed by atoms with Crippen LogP contribution < -0.4 is 20.1 Å². The third kappa shape index (κ3) is 5.65. The Morgan fingerprint density at radius 3 is 2.34 bits per heavy atom. The number of nitrogens with one attached hydrogen (secondary N) is 2. The van der Waals surface area contributed by atoms with Gasteiger partial charge in [0.1, 0.15) is 30.3 Å². The van der Waals surface area contributed by atoms with E-state index >= 15 is 0 Å². The first-order valence-electron chi connectivity index (χ1n) is 9.29. The summed E-state index contributed by atoms with van der Waals surface area (Å²) in [5.41, 5.74) is 3.06. The van der Waals surface area contributed by atoms with E-state index in [0.29, 0.717) is 24.5 Å². The molecule has 0 unspecified atom stereocenters. The molecule has 29 heavy (non-hydrogen) atoms. The van der Waals surface area contributed by atoms with Gasteiger partial charge in [-0.25, -0.2) is 0 Å². The van der Waals surface area contributed by atoms with Crippen LogP contribution >= 0.6 is 12.2 Å². The van der Waals surface area contributed by atoms with Gasteiger partial charge in [0.25, 0.3) is 11.8 Å². The minimum atomic E-state index is -0.525. The molecule has 2 N–H and O–H groups in total. The lowest BCUT2D eigenvalue weighted by molar-refractivity contribution is -0.123. The van der Waals surface area contributed by atoms with Crippen molar-refractivity contribution in [1.82, 2.24) is 10.6 Å². The summed E-state index contributed by atoms with van der Waals surface area (Å²) in [5.74, 6) is 0.399. The molecule has 0 bridgehead atoms. The molecule has 2 aromatic rings. The SMILES string of the molecule is CCc1cc(C)cc(OCCOc2cccc(C=C3C(=O)NC(=S)NC3=O)c2)c1. The van der Waals surface area contributed by atoms with Crippen molar-refractivity contribution < 1.29 is 19.1 Å². The zero-order chi connectivity index (χ0) is 20.8. The van der Waals surface area contributed by atoms with E-state index in [-0.39, 0.29) is 10.7 Å². The molecular weight excluding hydrogens is 388 g/mol.